The zero-order chi connectivity index (χ0) is 13.7. The van der Waals surface area contributed by atoms with Gasteiger partial charge in [0.25, 0.3) is 0 Å². The Bertz CT molecular complexity index is 995. The smallest absolute Gasteiger partial charge is 0.305 e. The topological polar surface area (TPSA) is 63.0 Å². The van der Waals surface area contributed by atoms with Gasteiger partial charge in [0.2, 0.25) is 0 Å². The fraction of sp³-hybridized carbons (Fsp3) is 0.0714. The first-order valence-electron chi connectivity index (χ1n) is 6.15. The molecule has 5 nitrogen and oxygen atoms in total. The van der Waals surface area contributed by atoms with E-state index >= 15 is 0 Å². The monoisotopic (exact) mass is 282 g/mol. The second kappa shape index (κ2) is 4.01. The van der Waals surface area contributed by atoms with Crippen LogP contribution in [0.1, 0.15) is 5.56 Å². The zero-order valence-corrected chi connectivity index (χ0v) is 11.4. The van der Waals surface area contributed by atoms with Crippen molar-refractivity contribution in [3.05, 3.63) is 51.1 Å². The number of nitrogens with one attached hydrogen (secondary N) is 1. The van der Waals surface area contributed by atoms with Gasteiger partial charge in [-0.15, -0.1) is 5.10 Å². The van der Waals surface area contributed by atoms with Crippen molar-refractivity contribution in [3.63, 3.8) is 0 Å². The highest BCUT2D eigenvalue weighted by atomic mass is 32.1. The fourth-order valence-corrected chi connectivity index (χ4v) is 3.11. The van der Waals surface area contributed by atoms with Crippen LogP contribution >= 0.6 is 11.3 Å². The maximum Gasteiger partial charge on any atom is 0.348 e. The Morgan fingerprint density at radius 3 is 2.90 bits per heavy atom. The maximum absolute atomic E-state index is 12.1. The van der Waals surface area contributed by atoms with Gasteiger partial charge in [0.05, 0.1) is 5.52 Å². The number of rotatable bonds is 1. The van der Waals surface area contributed by atoms with Crippen LogP contribution in [0.2, 0.25) is 0 Å². The second-order valence-corrected chi connectivity index (χ2v) is 5.36. The molecule has 1 aromatic carbocycles. The van der Waals surface area contributed by atoms with E-state index in [1.54, 1.807) is 11.3 Å². The molecular formula is C14H10N4OS. The van der Waals surface area contributed by atoms with Crippen LogP contribution < -0.4 is 5.69 Å². The Hall–Kier alpha value is -2.47. The first-order valence-corrected chi connectivity index (χ1v) is 7.09. The van der Waals surface area contributed by atoms with Crippen LogP contribution in [0.25, 0.3) is 27.9 Å². The summed E-state index contributed by atoms with van der Waals surface area (Å²) < 4.78 is 1.33. The molecule has 0 amide bonds. The van der Waals surface area contributed by atoms with Crippen LogP contribution in [0.15, 0.2) is 39.8 Å². The molecule has 0 aliphatic rings. The van der Waals surface area contributed by atoms with Crippen molar-refractivity contribution < 1.29 is 0 Å². The van der Waals surface area contributed by atoms with E-state index in [0.717, 1.165) is 22.0 Å². The van der Waals surface area contributed by atoms with E-state index < -0.39 is 0 Å². The van der Waals surface area contributed by atoms with Crippen molar-refractivity contribution in [1.29, 1.82) is 0 Å². The molecule has 4 aromatic rings. The molecule has 0 saturated carbocycles. The average Bonchev–Trinajstić information content (AvgIpc) is 3.05. The lowest BCUT2D eigenvalue weighted by molar-refractivity contribution is 0.885. The van der Waals surface area contributed by atoms with Crippen LogP contribution in [-0.2, 0) is 0 Å². The second-order valence-electron chi connectivity index (χ2n) is 4.62. The van der Waals surface area contributed by atoms with Crippen LogP contribution in [0.3, 0.4) is 0 Å². The summed E-state index contributed by atoms with van der Waals surface area (Å²) in [5, 5.41) is 9.27. The third-order valence-electron chi connectivity index (χ3n) is 3.31. The highest BCUT2D eigenvalue weighted by Crippen LogP contribution is 2.25. The van der Waals surface area contributed by atoms with Crippen LogP contribution in [0.4, 0.5) is 0 Å². The number of nitrogens with zero attached hydrogens (tertiary/aromatic N) is 3. The molecule has 4 rings (SSSR count). The lowest BCUT2D eigenvalue weighted by Crippen LogP contribution is -2.17. The van der Waals surface area contributed by atoms with Gasteiger partial charge in [-0.3, -0.25) is 0 Å². The molecule has 0 bridgehead atoms. The third-order valence-corrected chi connectivity index (χ3v) is 4.17. The molecule has 3 heterocycles. The van der Waals surface area contributed by atoms with Crippen molar-refractivity contribution in [2.45, 2.75) is 6.92 Å². The number of hydrogen-bond acceptors (Lipinski definition) is 4. The number of aromatic amines is 1. The molecule has 0 fully saturated rings. The van der Waals surface area contributed by atoms with E-state index in [-0.39, 0.29) is 5.69 Å². The Labute approximate surface area is 117 Å². The van der Waals surface area contributed by atoms with E-state index in [9.17, 15) is 4.79 Å². The Morgan fingerprint density at radius 1 is 1.25 bits per heavy atom. The van der Waals surface area contributed by atoms with Gasteiger partial charge in [0.15, 0.2) is 11.5 Å². The van der Waals surface area contributed by atoms with Gasteiger partial charge >= 0.3 is 5.69 Å². The largest absolute Gasteiger partial charge is 0.348 e. The van der Waals surface area contributed by atoms with E-state index in [1.807, 2.05) is 41.9 Å². The fourth-order valence-electron chi connectivity index (χ4n) is 2.29. The maximum atomic E-state index is 12.1. The number of benzene rings is 1. The quantitative estimate of drug-likeness (QED) is 0.583. The summed E-state index contributed by atoms with van der Waals surface area (Å²) in [5.41, 5.74) is 3.18. The molecule has 3 aromatic heterocycles. The highest BCUT2D eigenvalue weighted by Gasteiger charge is 2.13. The molecule has 0 radical (unpaired) electrons. The Kier molecular flexibility index (Phi) is 2.28. The van der Waals surface area contributed by atoms with Gasteiger partial charge in [-0.2, -0.15) is 15.9 Å². The summed E-state index contributed by atoms with van der Waals surface area (Å²) in [5.74, 6) is 0.589. The first-order chi connectivity index (χ1) is 9.74. The minimum Gasteiger partial charge on any atom is -0.305 e. The zero-order valence-electron chi connectivity index (χ0n) is 10.6. The van der Waals surface area contributed by atoms with E-state index in [4.69, 9.17) is 0 Å². The van der Waals surface area contributed by atoms with Crippen LogP contribution in [0.5, 0.6) is 0 Å². The first kappa shape index (κ1) is 11.4. The van der Waals surface area contributed by atoms with Gasteiger partial charge in [-0.05, 0) is 30.0 Å². The summed E-state index contributed by atoms with van der Waals surface area (Å²) >= 11 is 1.60. The summed E-state index contributed by atoms with van der Waals surface area (Å²) in [4.78, 5) is 19.4. The van der Waals surface area contributed by atoms with Crippen molar-refractivity contribution in [2.24, 2.45) is 0 Å². The number of H-pyrrole nitrogens is 1. The molecule has 1 N–H and O–H groups in total. The minimum atomic E-state index is -0.273. The van der Waals surface area contributed by atoms with Crippen LogP contribution in [0, 0.1) is 6.92 Å². The number of aromatic nitrogens is 4. The molecule has 98 valence electrons. The summed E-state index contributed by atoms with van der Waals surface area (Å²) in [6.45, 7) is 2.01. The standard InChI is InChI=1S/C14H10N4OS/c1-8-6-20-7-10(8)12-16-13-9-4-2-3-5-11(9)15-14(19)18(13)17-12/h2-7H,1H3,(H,15,19). The normalized spacial score (nSPS) is 11.4. The van der Waals surface area contributed by atoms with Gasteiger partial charge in [0, 0.05) is 16.3 Å². The van der Waals surface area contributed by atoms with E-state index in [2.05, 4.69) is 15.1 Å². The number of para-hydroxylation sites is 1. The predicted molar refractivity (Wildman–Crippen MR) is 79.2 cm³/mol. The lowest BCUT2D eigenvalue weighted by atomic mass is 10.2. The van der Waals surface area contributed by atoms with Gasteiger partial charge in [-0.1, -0.05) is 12.1 Å². The Morgan fingerprint density at radius 2 is 2.10 bits per heavy atom. The minimum absolute atomic E-state index is 0.273. The third kappa shape index (κ3) is 1.51. The number of fused-ring (bicyclic) bond motifs is 3. The van der Waals surface area contributed by atoms with E-state index in [1.165, 1.54) is 4.52 Å². The summed E-state index contributed by atoms with van der Waals surface area (Å²) in [6, 6.07) is 7.60. The van der Waals surface area contributed by atoms with Gasteiger partial charge in [-0.25, -0.2) is 9.78 Å². The average molecular weight is 282 g/mol. The summed E-state index contributed by atoms with van der Waals surface area (Å²) in [7, 11) is 0. The Balaban J connectivity index is 2.14. The van der Waals surface area contributed by atoms with Gasteiger partial charge < -0.3 is 4.98 Å². The highest BCUT2D eigenvalue weighted by molar-refractivity contribution is 7.08. The molecular weight excluding hydrogens is 272 g/mol. The lowest BCUT2D eigenvalue weighted by Gasteiger charge is -1.97. The van der Waals surface area contributed by atoms with Crippen LogP contribution in [-0.4, -0.2) is 19.6 Å². The molecule has 6 heteroatoms. The number of aryl methyl sites for hydroxylation is 1. The number of thiophene rings is 1. The van der Waals surface area contributed by atoms with Gasteiger partial charge in [0.1, 0.15) is 0 Å². The van der Waals surface area contributed by atoms with Crippen molar-refractivity contribution in [1.82, 2.24) is 19.6 Å². The summed E-state index contributed by atoms with van der Waals surface area (Å²) in [6.07, 6.45) is 0. The van der Waals surface area contributed by atoms with Crippen molar-refractivity contribution >= 4 is 27.9 Å². The molecule has 0 aliphatic carbocycles. The number of hydrogen-bond donors (Lipinski definition) is 1. The van der Waals surface area contributed by atoms with E-state index in [0.29, 0.717) is 11.5 Å². The molecule has 20 heavy (non-hydrogen) atoms. The molecule has 0 spiro atoms. The SMILES string of the molecule is Cc1cscc1-c1nc2c3ccccc3[nH]c(=O)n2n1. The van der Waals surface area contributed by atoms with Crippen molar-refractivity contribution in [2.75, 3.05) is 0 Å². The molecule has 0 saturated heterocycles. The molecule has 0 unspecified atom stereocenters. The van der Waals surface area contributed by atoms with Crippen molar-refractivity contribution in [3.8, 4) is 11.4 Å². The predicted octanol–water partition coefficient (Wildman–Crippen LogP) is 2.61. The molecule has 0 atom stereocenters. The molecule has 0 aliphatic heterocycles.